The predicted octanol–water partition coefficient (Wildman–Crippen LogP) is 1.52. The van der Waals surface area contributed by atoms with Crippen LogP contribution < -0.4 is 14.8 Å². The molecule has 1 amide bonds. The molecule has 19 heavy (non-hydrogen) atoms. The minimum absolute atomic E-state index is 0.0419. The molecule has 0 spiro atoms. The third-order valence-electron chi connectivity index (χ3n) is 2.68. The monoisotopic (exact) mass is 285 g/mol. The van der Waals surface area contributed by atoms with Gasteiger partial charge in [-0.05, 0) is 12.1 Å². The van der Waals surface area contributed by atoms with Crippen LogP contribution in [0, 0.1) is 5.92 Å². The molecule has 1 heterocycles. The van der Waals surface area contributed by atoms with Gasteiger partial charge in [0.1, 0.15) is 0 Å². The molecule has 2 N–H and O–H groups in total. The van der Waals surface area contributed by atoms with E-state index in [-0.39, 0.29) is 18.4 Å². The van der Waals surface area contributed by atoms with Gasteiger partial charge in [-0.1, -0.05) is 18.5 Å². The second kappa shape index (κ2) is 5.36. The van der Waals surface area contributed by atoms with Crippen molar-refractivity contribution in [3.8, 4) is 11.5 Å². The first kappa shape index (κ1) is 13.5. The van der Waals surface area contributed by atoms with E-state index < -0.39 is 17.8 Å². The molecule has 6 nitrogen and oxygen atoms in total. The summed E-state index contributed by atoms with van der Waals surface area (Å²) in [7, 11) is 0. The van der Waals surface area contributed by atoms with E-state index in [4.69, 9.17) is 26.2 Å². The van der Waals surface area contributed by atoms with E-state index in [0.717, 1.165) is 0 Å². The Balaban J connectivity index is 2.08. The van der Waals surface area contributed by atoms with Crippen molar-refractivity contribution < 1.29 is 24.2 Å². The summed E-state index contributed by atoms with van der Waals surface area (Å²) in [6.07, 6.45) is 0. The SMILES string of the molecule is C[C@@H](CNC(=O)c1cc(Cl)c2c(c1)OCO2)C(=O)O. The molecule has 1 aromatic carbocycles. The summed E-state index contributed by atoms with van der Waals surface area (Å²) >= 11 is 5.95. The van der Waals surface area contributed by atoms with Gasteiger partial charge in [0.2, 0.25) is 6.79 Å². The third kappa shape index (κ3) is 2.90. The zero-order chi connectivity index (χ0) is 14.0. The number of ether oxygens (including phenoxy) is 2. The van der Waals surface area contributed by atoms with Crippen LogP contribution in [0.3, 0.4) is 0 Å². The van der Waals surface area contributed by atoms with E-state index in [2.05, 4.69) is 5.32 Å². The summed E-state index contributed by atoms with van der Waals surface area (Å²) in [5.41, 5.74) is 0.298. The van der Waals surface area contributed by atoms with Gasteiger partial charge >= 0.3 is 5.97 Å². The van der Waals surface area contributed by atoms with Gasteiger partial charge in [-0.15, -0.1) is 0 Å². The van der Waals surface area contributed by atoms with Crippen LogP contribution in [0.1, 0.15) is 17.3 Å². The molecule has 7 heteroatoms. The first-order valence-electron chi connectivity index (χ1n) is 5.59. The van der Waals surface area contributed by atoms with Crippen molar-refractivity contribution in [2.45, 2.75) is 6.92 Å². The van der Waals surface area contributed by atoms with Crippen molar-refractivity contribution in [2.24, 2.45) is 5.92 Å². The minimum Gasteiger partial charge on any atom is -0.481 e. The highest BCUT2D eigenvalue weighted by atomic mass is 35.5. The Hall–Kier alpha value is -1.95. The van der Waals surface area contributed by atoms with Crippen molar-refractivity contribution in [1.29, 1.82) is 0 Å². The van der Waals surface area contributed by atoms with Crippen LogP contribution in [-0.2, 0) is 4.79 Å². The first-order valence-corrected chi connectivity index (χ1v) is 5.97. The summed E-state index contributed by atoms with van der Waals surface area (Å²) in [4.78, 5) is 22.5. The predicted molar refractivity (Wildman–Crippen MR) is 66.7 cm³/mol. The highest BCUT2D eigenvalue weighted by Gasteiger charge is 2.21. The summed E-state index contributed by atoms with van der Waals surface area (Å²) < 4.78 is 10.3. The fourth-order valence-electron chi connectivity index (χ4n) is 1.53. The molecule has 1 aliphatic heterocycles. The number of halogens is 1. The molecule has 0 fully saturated rings. The van der Waals surface area contributed by atoms with Crippen LogP contribution >= 0.6 is 11.6 Å². The van der Waals surface area contributed by atoms with Gasteiger partial charge in [0.15, 0.2) is 11.5 Å². The number of benzene rings is 1. The molecular formula is C12H12ClNO5. The molecule has 0 aliphatic carbocycles. The average molecular weight is 286 g/mol. The van der Waals surface area contributed by atoms with Gasteiger partial charge in [-0.2, -0.15) is 0 Å². The number of amides is 1. The summed E-state index contributed by atoms with van der Waals surface area (Å²) in [6.45, 7) is 1.62. The number of carboxylic acids is 1. The van der Waals surface area contributed by atoms with E-state index in [1.165, 1.54) is 19.1 Å². The molecule has 0 unspecified atom stereocenters. The smallest absolute Gasteiger partial charge is 0.308 e. The maximum absolute atomic E-state index is 11.9. The molecule has 0 saturated heterocycles. The van der Waals surface area contributed by atoms with E-state index >= 15 is 0 Å². The van der Waals surface area contributed by atoms with E-state index in [9.17, 15) is 9.59 Å². The standard InChI is InChI=1S/C12H12ClNO5/c1-6(12(16)17)4-14-11(15)7-2-8(13)10-9(3-7)18-5-19-10/h2-3,6H,4-5H2,1H3,(H,14,15)(H,16,17)/t6-/m0/s1. The van der Waals surface area contributed by atoms with Gasteiger partial charge in [-0.25, -0.2) is 0 Å². The Morgan fingerprint density at radius 3 is 2.89 bits per heavy atom. The van der Waals surface area contributed by atoms with Crippen LogP contribution in [0.4, 0.5) is 0 Å². The number of carbonyl (C=O) groups is 2. The van der Waals surface area contributed by atoms with E-state index in [0.29, 0.717) is 17.1 Å². The van der Waals surface area contributed by atoms with Crippen molar-refractivity contribution in [3.63, 3.8) is 0 Å². The summed E-state index contributed by atoms with van der Waals surface area (Å²) in [5, 5.41) is 11.5. The third-order valence-corrected chi connectivity index (χ3v) is 2.96. The van der Waals surface area contributed by atoms with Crippen molar-refractivity contribution in [2.75, 3.05) is 13.3 Å². The zero-order valence-electron chi connectivity index (χ0n) is 10.1. The Morgan fingerprint density at radius 1 is 1.47 bits per heavy atom. The second-order valence-electron chi connectivity index (χ2n) is 4.14. The maximum atomic E-state index is 11.9. The quantitative estimate of drug-likeness (QED) is 0.876. The van der Waals surface area contributed by atoms with E-state index in [1.807, 2.05) is 0 Å². The van der Waals surface area contributed by atoms with Gasteiger partial charge < -0.3 is 19.9 Å². The van der Waals surface area contributed by atoms with Crippen molar-refractivity contribution >= 4 is 23.5 Å². The number of hydrogen-bond acceptors (Lipinski definition) is 4. The first-order chi connectivity index (χ1) is 8.99. The fraction of sp³-hybridized carbons (Fsp3) is 0.333. The van der Waals surface area contributed by atoms with Crippen LogP contribution in [0.15, 0.2) is 12.1 Å². The number of rotatable bonds is 4. The molecule has 2 rings (SSSR count). The molecule has 102 valence electrons. The highest BCUT2D eigenvalue weighted by molar-refractivity contribution is 6.32. The number of hydrogen-bond donors (Lipinski definition) is 2. The van der Waals surface area contributed by atoms with Crippen LogP contribution in [0.25, 0.3) is 0 Å². The zero-order valence-corrected chi connectivity index (χ0v) is 10.9. The average Bonchev–Trinajstić information content (AvgIpc) is 2.83. The van der Waals surface area contributed by atoms with Gasteiger partial charge in [0, 0.05) is 12.1 Å². The lowest BCUT2D eigenvalue weighted by molar-refractivity contribution is -0.140. The lowest BCUT2D eigenvalue weighted by atomic mass is 10.1. The Labute approximate surface area is 114 Å². The molecule has 0 aromatic heterocycles. The number of aliphatic carboxylic acids is 1. The molecule has 1 atom stereocenters. The Morgan fingerprint density at radius 2 is 2.21 bits per heavy atom. The normalized spacial score (nSPS) is 14.0. The molecule has 0 radical (unpaired) electrons. The topological polar surface area (TPSA) is 84.9 Å². The number of carbonyl (C=O) groups excluding carboxylic acids is 1. The van der Waals surface area contributed by atoms with Crippen LogP contribution in [-0.4, -0.2) is 30.3 Å². The summed E-state index contributed by atoms with van der Waals surface area (Å²) in [5.74, 6) is -1.22. The lowest BCUT2D eigenvalue weighted by Gasteiger charge is -2.09. The van der Waals surface area contributed by atoms with Crippen LogP contribution in [0.2, 0.25) is 5.02 Å². The highest BCUT2D eigenvalue weighted by Crippen LogP contribution is 2.39. The number of fused-ring (bicyclic) bond motifs is 1. The molecule has 0 bridgehead atoms. The molecular weight excluding hydrogens is 274 g/mol. The molecule has 1 aromatic rings. The Bertz CT molecular complexity index is 531. The van der Waals surface area contributed by atoms with Gasteiger partial charge in [-0.3, -0.25) is 9.59 Å². The molecule has 0 saturated carbocycles. The van der Waals surface area contributed by atoms with Gasteiger partial charge in [0.05, 0.1) is 10.9 Å². The largest absolute Gasteiger partial charge is 0.481 e. The number of carboxylic acid groups (broad SMARTS) is 1. The van der Waals surface area contributed by atoms with Crippen molar-refractivity contribution in [3.05, 3.63) is 22.7 Å². The Kier molecular flexibility index (Phi) is 3.80. The van der Waals surface area contributed by atoms with E-state index in [1.54, 1.807) is 0 Å². The lowest BCUT2D eigenvalue weighted by Crippen LogP contribution is -2.31. The fourth-order valence-corrected chi connectivity index (χ4v) is 1.80. The van der Waals surface area contributed by atoms with Crippen LogP contribution in [0.5, 0.6) is 11.5 Å². The minimum atomic E-state index is -0.969. The molecule has 1 aliphatic rings. The second-order valence-corrected chi connectivity index (χ2v) is 4.55. The number of nitrogens with one attached hydrogen (secondary N) is 1. The van der Waals surface area contributed by atoms with Gasteiger partial charge in [0.25, 0.3) is 5.91 Å². The maximum Gasteiger partial charge on any atom is 0.308 e. The summed E-state index contributed by atoms with van der Waals surface area (Å²) in [6, 6.07) is 2.96. The van der Waals surface area contributed by atoms with Crippen molar-refractivity contribution in [1.82, 2.24) is 5.32 Å².